The Labute approximate surface area is 203 Å². The highest BCUT2D eigenvalue weighted by molar-refractivity contribution is 7.98. The van der Waals surface area contributed by atoms with Crippen molar-refractivity contribution in [3.8, 4) is 0 Å². The molecule has 0 bridgehead atoms. The van der Waals surface area contributed by atoms with Crippen molar-refractivity contribution < 1.29 is 13.4 Å². The molecule has 4 heterocycles. The summed E-state index contributed by atoms with van der Waals surface area (Å²) in [7, 11) is -0.811. The van der Waals surface area contributed by atoms with Gasteiger partial charge >= 0.3 is 0 Å². The number of piperazine rings is 1. The molecule has 2 saturated heterocycles. The van der Waals surface area contributed by atoms with Crippen LogP contribution in [0.2, 0.25) is 0 Å². The molecule has 178 valence electrons. The van der Waals surface area contributed by atoms with Crippen LogP contribution in [0.1, 0.15) is 5.56 Å². The van der Waals surface area contributed by atoms with Gasteiger partial charge in [-0.05, 0) is 17.7 Å². The molecule has 0 saturated carbocycles. The fourth-order valence-electron chi connectivity index (χ4n) is 3.98. The van der Waals surface area contributed by atoms with Crippen molar-refractivity contribution in [2.75, 3.05) is 60.6 Å². The zero-order valence-corrected chi connectivity index (χ0v) is 20.1. The third kappa shape index (κ3) is 4.97. The number of thioether (sulfide) groups is 1. The maximum absolute atomic E-state index is 13.3. The molecule has 2 aromatic heterocycles. The number of hydrogen-bond donors (Lipinski definition) is 0. The van der Waals surface area contributed by atoms with Crippen LogP contribution in [0.4, 0.5) is 16.2 Å². The van der Waals surface area contributed by atoms with Crippen molar-refractivity contribution in [1.82, 2.24) is 24.8 Å². The predicted molar refractivity (Wildman–Crippen MR) is 131 cm³/mol. The van der Waals surface area contributed by atoms with Crippen LogP contribution in [0.3, 0.4) is 0 Å². The van der Waals surface area contributed by atoms with E-state index in [1.165, 1.54) is 30.2 Å². The molecular formula is C22H24FN7O2S2. The highest BCUT2D eigenvalue weighted by Crippen LogP contribution is 2.32. The summed E-state index contributed by atoms with van der Waals surface area (Å²) < 4.78 is 25.2. The summed E-state index contributed by atoms with van der Waals surface area (Å²) in [4.78, 5) is 35.8. The number of amides is 1. The lowest BCUT2D eigenvalue weighted by Gasteiger charge is -2.34. The van der Waals surface area contributed by atoms with Crippen LogP contribution in [0.25, 0.3) is 11.0 Å². The maximum Gasteiger partial charge on any atom is 0.228 e. The molecule has 2 aliphatic heterocycles. The largest absolute Gasteiger partial charge is 0.353 e. The van der Waals surface area contributed by atoms with E-state index in [1.54, 1.807) is 17.0 Å². The molecule has 0 radical (unpaired) electrons. The summed E-state index contributed by atoms with van der Waals surface area (Å²) in [6.45, 7) is 3.78. The Hall–Kier alpha value is -2.86. The number of carbonyl (C=O) groups is 1. The van der Waals surface area contributed by atoms with Gasteiger partial charge in [-0.15, -0.1) is 0 Å². The molecule has 34 heavy (non-hydrogen) atoms. The molecule has 5 rings (SSSR count). The summed E-state index contributed by atoms with van der Waals surface area (Å²) in [5.41, 5.74) is 2.31. The smallest absolute Gasteiger partial charge is 0.228 e. The van der Waals surface area contributed by atoms with Crippen molar-refractivity contribution in [1.29, 1.82) is 0 Å². The Morgan fingerprint density at radius 2 is 1.68 bits per heavy atom. The Balaban J connectivity index is 1.51. The number of carbonyl (C=O) groups excluding carboxylic acids is 1. The Morgan fingerprint density at radius 3 is 2.38 bits per heavy atom. The number of halogens is 1. The quantitative estimate of drug-likeness (QED) is 0.284. The molecule has 1 amide bonds. The zero-order chi connectivity index (χ0) is 23.5. The molecule has 1 aromatic carbocycles. The highest BCUT2D eigenvalue weighted by Gasteiger charge is 2.25. The highest BCUT2D eigenvalue weighted by atomic mass is 32.2. The van der Waals surface area contributed by atoms with Crippen molar-refractivity contribution >= 4 is 51.8 Å². The summed E-state index contributed by atoms with van der Waals surface area (Å²) in [6, 6.07) is 6.42. The third-order valence-corrected chi connectivity index (χ3v) is 8.26. The normalized spacial score (nSPS) is 17.4. The molecule has 0 N–H and O–H groups in total. The predicted octanol–water partition coefficient (Wildman–Crippen LogP) is 1.70. The van der Waals surface area contributed by atoms with Gasteiger partial charge in [0.15, 0.2) is 5.82 Å². The van der Waals surface area contributed by atoms with Gasteiger partial charge in [0.05, 0.1) is 0 Å². The van der Waals surface area contributed by atoms with Gasteiger partial charge in [0.1, 0.15) is 28.2 Å². The first-order chi connectivity index (χ1) is 16.6. The van der Waals surface area contributed by atoms with E-state index in [9.17, 15) is 13.4 Å². The Bertz CT molecular complexity index is 1200. The van der Waals surface area contributed by atoms with E-state index >= 15 is 0 Å². The van der Waals surface area contributed by atoms with Crippen molar-refractivity contribution in [3.63, 3.8) is 0 Å². The van der Waals surface area contributed by atoms with Crippen molar-refractivity contribution in [2.45, 2.75) is 10.8 Å². The second-order valence-corrected chi connectivity index (χ2v) is 10.8. The van der Waals surface area contributed by atoms with Crippen LogP contribution in [0, 0.1) is 5.82 Å². The zero-order valence-electron chi connectivity index (χ0n) is 18.5. The van der Waals surface area contributed by atoms with Gasteiger partial charge < -0.3 is 14.7 Å². The number of anilines is 2. The fourth-order valence-corrected chi connectivity index (χ4v) is 5.93. The van der Waals surface area contributed by atoms with Gasteiger partial charge in [-0.2, -0.15) is 4.98 Å². The van der Waals surface area contributed by atoms with Crippen LogP contribution >= 0.6 is 11.8 Å². The fraction of sp³-hybridized carbons (Fsp3) is 0.409. The van der Waals surface area contributed by atoms with Gasteiger partial charge in [0, 0.05) is 67.3 Å². The first-order valence-corrected chi connectivity index (χ1v) is 13.5. The minimum absolute atomic E-state index is 0.264. The number of nitrogens with zero attached hydrogens (tertiary/aromatic N) is 7. The van der Waals surface area contributed by atoms with E-state index in [-0.39, 0.29) is 5.82 Å². The van der Waals surface area contributed by atoms with Gasteiger partial charge in [-0.1, -0.05) is 23.9 Å². The lowest BCUT2D eigenvalue weighted by Crippen LogP contribution is -2.46. The molecule has 0 atom stereocenters. The maximum atomic E-state index is 13.3. The second-order valence-electron chi connectivity index (χ2n) is 8.10. The van der Waals surface area contributed by atoms with E-state index in [1.807, 2.05) is 0 Å². The Morgan fingerprint density at radius 1 is 0.941 bits per heavy atom. The lowest BCUT2D eigenvalue weighted by atomic mass is 10.2. The first kappa shape index (κ1) is 22.9. The molecule has 9 nitrogen and oxygen atoms in total. The van der Waals surface area contributed by atoms with Crippen LogP contribution in [0.15, 0.2) is 35.6 Å². The summed E-state index contributed by atoms with van der Waals surface area (Å²) >= 11 is 1.52. The van der Waals surface area contributed by atoms with Crippen LogP contribution in [-0.2, 0) is 21.3 Å². The lowest BCUT2D eigenvalue weighted by molar-refractivity contribution is -0.118. The third-order valence-electron chi connectivity index (χ3n) is 5.93. The minimum atomic E-state index is -0.811. The van der Waals surface area contributed by atoms with Crippen LogP contribution in [-0.4, -0.2) is 86.2 Å². The summed E-state index contributed by atoms with van der Waals surface area (Å²) in [6.07, 6.45) is 2.39. The van der Waals surface area contributed by atoms with Crippen molar-refractivity contribution in [2.24, 2.45) is 0 Å². The van der Waals surface area contributed by atoms with E-state index in [0.29, 0.717) is 73.5 Å². The monoisotopic (exact) mass is 501 g/mol. The molecule has 3 aromatic rings. The molecular weight excluding hydrogens is 477 g/mol. The Kier molecular flexibility index (Phi) is 6.86. The van der Waals surface area contributed by atoms with E-state index in [4.69, 9.17) is 9.97 Å². The average molecular weight is 502 g/mol. The topological polar surface area (TPSA) is 95.4 Å². The average Bonchev–Trinajstić information content (AvgIpc) is 2.88. The molecule has 0 aliphatic carbocycles. The summed E-state index contributed by atoms with van der Waals surface area (Å²) in [5, 5.41) is 0.728. The van der Waals surface area contributed by atoms with Crippen LogP contribution < -0.4 is 9.80 Å². The molecule has 2 aliphatic rings. The van der Waals surface area contributed by atoms with E-state index < -0.39 is 10.8 Å². The second kappa shape index (κ2) is 10.2. The first-order valence-electron chi connectivity index (χ1n) is 11.0. The van der Waals surface area contributed by atoms with E-state index in [2.05, 4.69) is 19.8 Å². The number of rotatable bonds is 6. The van der Waals surface area contributed by atoms with Crippen molar-refractivity contribution in [3.05, 3.63) is 42.0 Å². The van der Waals surface area contributed by atoms with E-state index in [0.717, 1.165) is 22.8 Å². The van der Waals surface area contributed by atoms with Gasteiger partial charge in [-0.25, -0.2) is 19.3 Å². The number of benzene rings is 1. The summed E-state index contributed by atoms with van der Waals surface area (Å²) in [5.74, 6) is 2.84. The van der Waals surface area contributed by atoms with Gasteiger partial charge in [-0.3, -0.25) is 9.00 Å². The number of aromatic nitrogens is 4. The molecule has 0 unspecified atom stereocenters. The van der Waals surface area contributed by atoms with Gasteiger partial charge in [0.25, 0.3) is 0 Å². The minimum Gasteiger partial charge on any atom is -0.353 e. The SMILES string of the molecule is O=CN1CCN(c2nc(N3CCS(=O)CC3)c3ncnc(SCc4ccc(F)cc4)c3n2)CC1. The van der Waals surface area contributed by atoms with Gasteiger partial charge in [0.2, 0.25) is 12.4 Å². The number of hydrogen-bond acceptors (Lipinski definition) is 9. The van der Waals surface area contributed by atoms with Crippen LogP contribution in [0.5, 0.6) is 0 Å². The standard InChI is InChI=1S/C22H24FN7O2S2/c23-17-3-1-16(2-4-17)13-33-21-19-18(24-14-25-21)20(29-9-11-34(32)12-10-29)27-22(26-19)30-7-5-28(15-31)6-8-30/h1-4,14-15H,5-13H2. The molecule has 2 fully saturated rings. The molecule has 12 heteroatoms. The number of fused-ring (bicyclic) bond motifs is 1. The molecule has 0 spiro atoms.